The second kappa shape index (κ2) is 4.86. The molecule has 3 heterocycles. The Morgan fingerprint density at radius 1 is 1.33 bits per heavy atom. The number of nitrogens with zero attached hydrogens (tertiary/aromatic N) is 3. The van der Waals surface area contributed by atoms with Gasteiger partial charge in [-0.25, -0.2) is 0 Å². The second-order valence-corrected chi connectivity index (χ2v) is 5.51. The molecule has 2 aliphatic heterocycles. The summed E-state index contributed by atoms with van der Waals surface area (Å²) in [4.78, 5) is 9.55. The van der Waals surface area contributed by atoms with Crippen LogP contribution in [-0.4, -0.2) is 42.1 Å². The fraction of sp³-hybridized carbons (Fsp3) is 0.643. The van der Waals surface area contributed by atoms with Gasteiger partial charge in [-0.15, -0.1) is 0 Å². The number of pyridine rings is 1. The molecule has 2 atom stereocenters. The van der Waals surface area contributed by atoms with Crippen molar-refractivity contribution >= 4 is 5.69 Å². The summed E-state index contributed by atoms with van der Waals surface area (Å²) in [5.41, 5.74) is 8.04. The summed E-state index contributed by atoms with van der Waals surface area (Å²) in [7, 11) is 0. The van der Waals surface area contributed by atoms with Crippen molar-refractivity contribution in [1.82, 2.24) is 9.88 Å². The fourth-order valence-electron chi connectivity index (χ4n) is 3.08. The van der Waals surface area contributed by atoms with Crippen molar-refractivity contribution in [2.75, 3.05) is 31.1 Å². The minimum atomic E-state index is 0.0192. The van der Waals surface area contributed by atoms with Crippen LogP contribution in [0, 0.1) is 0 Å². The Kier molecular flexibility index (Phi) is 3.22. The summed E-state index contributed by atoms with van der Waals surface area (Å²) in [6.45, 7) is 6.73. The zero-order valence-corrected chi connectivity index (χ0v) is 11.0. The highest BCUT2D eigenvalue weighted by atomic mass is 15.3. The Morgan fingerprint density at radius 2 is 2.22 bits per heavy atom. The highest BCUT2D eigenvalue weighted by molar-refractivity contribution is 5.45. The third-order valence-electron chi connectivity index (χ3n) is 4.19. The maximum absolute atomic E-state index is 5.83. The van der Waals surface area contributed by atoms with E-state index in [4.69, 9.17) is 5.73 Å². The van der Waals surface area contributed by atoms with Gasteiger partial charge in [-0.05, 0) is 38.4 Å². The van der Waals surface area contributed by atoms with E-state index in [0.717, 1.165) is 24.8 Å². The number of hydrogen-bond donors (Lipinski definition) is 1. The zero-order chi connectivity index (χ0) is 12.5. The third-order valence-corrected chi connectivity index (χ3v) is 4.19. The van der Waals surface area contributed by atoms with Crippen LogP contribution in [0.25, 0.3) is 0 Å². The van der Waals surface area contributed by atoms with Gasteiger partial charge in [-0.2, -0.15) is 0 Å². The first kappa shape index (κ1) is 11.9. The van der Waals surface area contributed by atoms with Crippen LogP contribution in [0.5, 0.6) is 0 Å². The number of hydrogen-bond acceptors (Lipinski definition) is 4. The quantitative estimate of drug-likeness (QED) is 0.856. The van der Waals surface area contributed by atoms with Crippen LogP contribution in [0.3, 0.4) is 0 Å². The molecule has 4 nitrogen and oxygen atoms in total. The molecule has 1 aromatic rings. The van der Waals surface area contributed by atoms with Gasteiger partial charge < -0.3 is 10.6 Å². The molecule has 4 heteroatoms. The topological polar surface area (TPSA) is 45.4 Å². The van der Waals surface area contributed by atoms with Gasteiger partial charge in [0, 0.05) is 31.7 Å². The summed E-state index contributed by atoms with van der Waals surface area (Å²) in [6, 6.07) is 5.00. The summed E-state index contributed by atoms with van der Waals surface area (Å²) in [5, 5.41) is 0. The predicted molar refractivity (Wildman–Crippen MR) is 73.6 cm³/mol. The number of fused-ring (bicyclic) bond motifs is 1. The first-order chi connectivity index (χ1) is 8.74. The summed E-state index contributed by atoms with van der Waals surface area (Å²) in [5.74, 6) is 0. The highest BCUT2D eigenvalue weighted by Crippen LogP contribution is 2.25. The van der Waals surface area contributed by atoms with Crippen molar-refractivity contribution in [3.63, 3.8) is 0 Å². The van der Waals surface area contributed by atoms with E-state index < -0.39 is 0 Å². The molecule has 1 unspecified atom stereocenters. The fourth-order valence-corrected chi connectivity index (χ4v) is 3.08. The smallest absolute Gasteiger partial charge is 0.0569 e. The second-order valence-electron chi connectivity index (χ2n) is 5.51. The third kappa shape index (κ3) is 2.22. The van der Waals surface area contributed by atoms with Crippen molar-refractivity contribution < 1.29 is 0 Å². The standard InChI is InChI=1S/C14H22N4/c1-11(15)14-5-4-12(9-16-14)18-8-7-17-6-2-3-13(17)10-18/h4-5,9,11,13H,2-3,6-8,10,15H2,1H3/t11-,13?/m0/s1. The minimum absolute atomic E-state index is 0.0192. The predicted octanol–water partition coefficient (Wildman–Crippen LogP) is 1.39. The molecule has 18 heavy (non-hydrogen) atoms. The van der Waals surface area contributed by atoms with Gasteiger partial charge in [-0.3, -0.25) is 9.88 Å². The van der Waals surface area contributed by atoms with E-state index in [0.29, 0.717) is 0 Å². The van der Waals surface area contributed by atoms with Crippen molar-refractivity contribution in [3.8, 4) is 0 Å². The van der Waals surface area contributed by atoms with Gasteiger partial charge >= 0.3 is 0 Å². The molecule has 2 N–H and O–H groups in total. The summed E-state index contributed by atoms with van der Waals surface area (Å²) >= 11 is 0. The lowest BCUT2D eigenvalue weighted by molar-refractivity contribution is 0.231. The average Bonchev–Trinajstić information content (AvgIpc) is 2.86. The maximum Gasteiger partial charge on any atom is 0.0569 e. The Bertz CT molecular complexity index is 401. The van der Waals surface area contributed by atoms with Crippen LogP contribution in [-0.2, 0) is 0 Å². The van der Waals surface area contributed by atoms with Crippen LogP contribution < -0.4 is 10.6 Å². The molecule has 2 aliphatic rings. The molecule has 98 valence electrons. The SMILES string of the molecule is C[C@H](N)c1ccc(N2CCN3CCCC3C2)cn1. The normalized spacial score (nSPS) is 26.1. The van der Waals surface area contributed by atoms with E-state index in [1.807, 2.05) is 13.1 Å². The molecule has 3 rings (SSSR count). The maximum atomic E-state index is 5.83. The molecule has 0 radical (unpaired) electrons. The number of nitrogens with two attached hydrogens (primary N) is 1. The van der Waals surface area contributed by atoms with Crippen LogP contribution in [0.15, 0.2) is 18.3 Å². The van der Waals surface area contributed by atoms with Gasteiger partial charge in [0.05, 0.1) is 17.6 Å². The van der Waals surface area contributed by atoms with Gasteiger partial charge in [0.1, 0.15) is 0 Å². The lowest BCUT2D eigenvalue weighted by atomic mass is 10.1. The Morgan fingerprint density at radius 3 is 2.94 bits per heavy atom. The van der Waals surface area contributed by atoms with Crippen LogP contribution >= 0.6 is 0 Å². The number of aromatic nitrogens is 1. The Balaban J connectivity index is 1.71. The molecule has 0 aromatic carbocycles. The van der Waals surface area contributed by atoms with Crippen molar-refractivity contribution in [3.05, 3.63) is 24.0 Å². The molecular weight excluding hydrogens is 224 g/mol. The molecule has 0 spiro atoms. The van der Waals surface area contributed by atoms with E-state index in [-0.39, 0.29) is 6.04 Å². The van der Waals surface area contributed by atoms with Crippen molar-refractivity contribution in [1.29, 1.82) is 0 Å². The van der Waals surface area contributed by atoms with E-state index in [2.05, 4.69) is 26.9 Å². The lowest BCUT2D eigenvalue weighted by Crippen LogP contribution is -2.50. The molecule has 2 saturated heterocycles. The molecule has 0 saturated carbocycles. The van der Waals surface area contributed by atoms with Crippen LogP contribution in [0.4, 0.5) is 5.69 Å². The number of rotatable bonds is 2. The van der Waals surface area contributed by atoms with Crippen molar-refractivity contribution in [2.24, 2.45) is 5.73 Å². The Hall–Kier alpha value is -1.13. The van der Waals surface area contributed by atoms with Crippen LogP contribution in [0.1, 0.15) is 31.5 Å². The van der Waals surface area contributed by atoms with E-state index in [9.17, 15) is 0 Å². The summed E-state index contributed by atoms with van der Waals surface area (Å²) in [6.07, 6.45) is 4.69. The zero-order valence-electron chi connectivity index (χ0n) is 11.0. The summed E-state index contributed by atoms with van der Waals surface area (Å²) < 4.78 is 0. The molecule has 2 fully saturated rings. The van der Waals surface area contributed by atoms with Gasteiger partial charge in [-0.1, -0.05) is 0 Å². The molecule has 0 bridgehead atoms. The van der Waals surface area contributed by atoms with E-state index >= 15 is 0 Å². The van der Waals surface area contributed by atoms with Gasteiger partial charge in [0.15, 0.2) is 0 Å². The Labute approximate surface area is 109 Å². The van der Waals surface area contributed by atoms with Crippen molar-refractivity contribution in [2.45, 2.75) is 31.8 Å². The van der Waals surface area contributed by atoms with E-state index in [1.54, 1.807) is 0 Å². The largest absolute Gasteiger partial charge is 0.367 e. The van der Waals surface area contributed by atoms with E-state index in [1.165, 1.54) is 31.6 Å². The van der Waals surface area contributed by atoms with Crippen LogP contribution in [0.2, 0.25) is 0 Å². The first-order valence-corrected chi connectivity index (χ1v) is 6.94. The van der Waals surface area contributed by atoms with Gasteiger partial charge in [0.25, 0.3) is 0 Å². The molecule has 1 aromatic heterocycles. The number of anilines is 1. The minimum Gasteiger partial charge on any atom is -0.367 e. The molecule has 0 aliphatic carbocycles. The molecular formula is C14H22N4. The average molecular weight is 246 g/mol. The first-order valence-electron chi connectivity index (χ1n) is 6.94. The number of piperazine rings is 1. The lowest BCUT2D eigenvalue weighted by Gasteiger charge is -2.38. The molecule has 0 amide bonds. The highest BCUT2D eigenvalue weighted by Gasteiger charge is 2.30. The van der Waals surface area contributed by atoms with Gasteiger partial charge in [0.2, 0.25) is 0 Å². The monoisotopic (exact) mass is 246 g/mol.